The molecule has 2 unspecified atom stereocenters. The average Bonchev–Trinajstić information content (AvgIpc) is 2.37. The highest BCUT2D eigenvalue weighted by molar-refractivity contribution is 5.24. The Hall–Kier alpha value is -0.930. The first-order valence-corrected chi connectivity index (χ1v) is 7.88. The topological polar surface area (TPSA) is 34.2 Å². The molecule has 20 heavy (non-hydrogen) atoms. The Morgan fingerprint density at radius 2 is 2.00 bits per heavy atom. The summed E-state index contributed by atoms with van der Waals surface area (Å²) in [6, 6.07) is 4.89. The van der Waals surface area contributed by atoms with Gasteiger partial charge in [0.2, 0.25) is 0 Å². The van der Waals surface area contributed by atoms with Crippen LogP contribution in [0.25, 0.3) is 0 Å². The molecule has 2 heterocycles. The molecule has 3 rings (SSSR count). The van der Waals surface area contributed by atoms with Crippen molar-refractivity contribution in [1.82, 2.24) is 10.3 Å². The van der Waals surface area contributed by atoms with Gasteiger partial charge < -0.3 is 10.1 Å². The summed E-state index contributed by atoms with van der Waals surface area (Å²) in [5, 5.41) is 3.55. The molecule has 0 radical (unpaired) electrons. The van der Waals surface area contributed by atoms with Gasteiger partial charge in [0, 0.05) is 24.0 Å². The maximum Gasteiger partial charge on any atom is 0.0686 e. The van der Waals surface area contributed by atoms with Crippen LogP contribution in [0.15, 0.2) is 12.1 Å². The van der Waals surface area contributed by atoms with E-state index in [0.29, 0.717) is 12.0 Å². The second kappa shape index (κ2) is 5.45. The second-order valence-electron chi connectivity index (χ2n) is 6.59. The zero-order valence-electron chi connectivity index (χ0n) is 12.9. The fourth-order valence-corrected chi connectivity index (χ4v) is 3.99. The van der Waals surface area contributed by atoms with E-state index in [4.69, 9.17) is 4.74 Å². The number of hydrogen-bond acceptors (Lipinski definition) is 3. The minimum absolute atomic E-state index is 0.217. The Morgan fingerprint density at radius 1 is 1.30 bits per heavy atom. The van der Waals surface area contributed by atoms with Crippen LogP contribution in [0.5, 0.6) is 0 Å². The molecule has 1 aliphatic heterocycles. The van der Waals surface area contributed by atoms with Gasteiger partial charge in [-0.2, -0.15) is 0 Å². The molecule has 0 amide bonds. The molecule has 3 heteroatoms. The molecule has 1 saturated carbocycles. The first-order valence-electron chi connectivity index (χ1n) is 7.88. The van der Waals surface area contributed by atoms with E-state index in [-0.39, 0.29) is 5.60 Å². The van der Waals surface area contributed by atoms with Crippen molar-refractivity contribution in [2.45, 2.75) is 57.6 Å². The van der Waals surface area contributed by atoms with E-state index in [1.54, 1.807) is 0 Å². The summed E-state index contributed by atoms with van der Waals surface area (Å²) in [4.78, 5) is 4.50. The Morgan fingerprint density at radius 3 is 2.55 bits per heavy atom. The molecule has 1 aliphatic carbocycles. The minimum atomic E-state index is 0.217. The summed E-state index contributed by atoms with van der Waals surface area (Å²) in [6.07, 6.45) is 6.22. The van der Waals surface area contributed by atoms with Gasteiger partial charge in [0.1, 0.15) is 0 Å². The first-order chi connectivity index (χ1) is 9.62. The number of aromatic nitrogens is 1. The van der Waals surface area contributed by atoms with E-state index in [1.165, 1.54) is 31.2 Å². The zero-order chi connectivity index (χ0) is 14.2. The van der Waals surface area contributed by atoms with Gasteiger partial charge in [-0.15, -0.1) is 0 Å². The number of rotatable bonds is 3. The maximum atomic E-state index is 6.07. The largest absolute Gasteiger partial charge is 0.375 e. The molecule has 1 N–H and O–H groups in total. The molecule has 1 aromatic rings. The fraction of sp³-hybridized carbons (Fsp3) is 0.706. The van der Waals surface area contributed by atoms with E-state index in [2.05, 4.69) is 43.3 Å². The number of ether oxygens (including phenoxy) is 1. The standard InChI is InChI=1S/C17H26N2O/c1-12-9-15(10-13(2)19-12)16(18-3)14-5-8-20-17(11-14)6-4-7-17/h9-10,14,16,18H,4-8,11H2,1-3H3. The van der Waals surface area contributed by atoms with E-state index in [9.17, 15) is 0 Å². The highest BCUT2D eigenvalue weighted by atomic mass is 16.5. The van der Waals surface area contributed by atoms with Gasteiger partial charge >= 0.3 is 0 Å². The second-order valence-corrected chi connectivity index (χ2v) is 6.59. The Bertz CT molecular complexity index is 462. The van der Waals surface area contributed by atoms with Crippen LogP contribution in [-0.4, -0.2) is 24.2 Å². The summed E-state index contributed by atoms with van der Waals surface area (Å²) in [5.41, 5.74) is 3.84. The maximum absolute atomic E-state index is 6.07. The minimum Gasteiger partial charge on any atom is -0.375 e. The number of hydrogen-bond donors (Lipinski definition) is 1. The van der Waals surface area contributed by atoms with Crippen molar-refractivity contribution in [1.29, 1.82) is 0 Å². The van der Waals surface area contributed by atoms with Gasteiger partial charge in [-0.05, 0) is 76.6 Å². The third kappa shape index (κ3) is 2.61. The van der Waals surface area contributed by atoms with Gasteiger partial charge in [0.25, 0.3) is 0 Å². The lowest BCUT2D eigenvalue weighted by molar-refractivity contribution is -0.147. The van der Waals surface area contributed by atoms with Gasteiger partial charge in [-0.1, -0.05) is 0 Å². The molecule has 2 aliphatic rings. The van der Waals surface area contributed by atoms with Crippen molar-refractivity contribution in [3.63, 3.8) is 0 Å². The number of nitrogens with zero attached hydrogens (tertiary/aromatic N) is 1. The van der Waals surface area contributed by atoms with Crippen LogP contribution in [0.3, 0.4) is 0 Å². The van der Waals surface area contributed by atoms with Crippen molar-refractivity contribution >= 4 is 0 Å². The summed E-state index contributed by atoms with van der Waals surface area (Å²) in [7, 11) is 2.08. The number of nitrogens with one attached hydrogen (secondary N) is 1. The molecule has 1 saturated heterocycles. The van der Waals surface area contributed by atoms with Crippen LogP contribution in [0.2, 0.25) is 0 Å². The van der Waals surface area contributed by atoms with Crippen LogP contribution in [0, 0.1) is 19.8 Å². The Balaban J connectivity index is 1.81. The van der Waals surface area contributed by atoms with Gasteiger partial charge in [-0.25, -0.2) is 0 Å². The zero-order valence-corrected chi connectivity index (χ0v) is 12.9. The van der Waals surface area contributed by atoms with Gasteiger partial charge in [-0.3, -0.25) is 4.98 Å². The molecule has 1 aromatic heterocycles. The predicted molar refractivity (Wildman–Crippen MR) is 80.8 cm³/mol. The molecule has 3 nitrogen and oxygen atoms in total. The van der Waals surface area contributed by atoms with E-state index in [1.807, 2.05) is 0 Å². The number of aryl methyl sites for hydroxylation is 2. The SMILES string of the molecule is CNC(c1cc(C)nc(C)c1)C1CCOC2(CCC2)C1. The third-order valence-electron chi connectivity index (χ3n) is 5.04. The third-order valence-corrected chi connectivity index (χ3v) is 5.04. The summed E-state index contributed by atoms with van der Waals surface area (Å²) in [5.74, 6) is 0.676. The number of pyridine rings is 1. The van der Waals surface area contributed by atoms with Crippen LogP contribution < -0.4 is 5.32 Å². The molecule has 0 aromatic carbocycles. The molecular weight excluding hydrogens is 248 g/mol. The summed E-state index contributed by atoms with van der Waals surface area (Å²) < 4.78 is 6.07. The van der Waals surface area contributed by atoms with Crippen LogP contribution in [0.4, 0.5) is 0 Å². The normalized spacial score (nSPS) is 26.2. The van der Waals surface area contributed by atoms with Gasteiger partial charge in [0.15, 0.2) is 0 Å². The lowest BCUT2D eigenvalue weighted by Crippen LogP contribution is -2.47. The molecular formula is C17H26N2O. The molecule has 2 fully saturated rings. The quantitative estimate of drug-likeness (QED) is 0.918. The first kappa shape index (κ1) is 14.0. The molecule has 0 bridgehead atoms. The molecule has 110 valence electrons. The lowest BCUT2D eigenvalue weighted by Gasteiger charge is -2.48. The lowest BCUT2D eigenvalue weighted by atomic mass is 9.69. The van der Waals surface area contributed by atoms with Crippen molar-refractivity contribution in [3.8, 4) is 0 Å². The smallest absolute Gasteiger partial charge is 0.0686 e. The molecule has 1 spiro atoms. The summed E-state index contributed by atoms with van der Waals surface area (Å²) >= 11 is 0. The van der Waals surface area contributed by atoms with Crippen molar-refractivity contribution in [2.24, 2.45) is 5.92 Å². The van der Waals surface area contributed by atoms with Gasteiger partial charge in [0.05, 0.1) is 5.60 Å². The fourth-order valence-electron chi connectivity index (χ4n) is 3.99. The predicted octanol–water partition coefficient (Wildman–Crippen LogP) is 3.31. The van der Waals surface area contributed by atoms with Crippen molar-refractivity contribution < 1.29 is 4.74 Å². The van der Waals surface area contributed by atoms with Crippen LogP contribution in [-0.2, 0) is 4.74 Å². The summed E-state index contributed by atoms with van der Waals surface area (Å²) in [6.45, 7) is 5.09. The Kier molecular flexibility index (Phi) is 3.83. The van der Waals surface area contributed by atoms with E-state index in [0.717, 1.165) is 24.4 Å². The van der Waals surface area contributed by atoms with Crippen molar-refractivity contribution in [3.05, 3.63) is 29.1 Å². The van der Waals surface area contributed by atoms with E-state index >= 15 is 0 Å². The average molecular weight is 274 g/mol. The van der Waals surface area contributed by atoms with Crippen LogP contribution >= 0.6 is 0 Å². The molecule has 2 atom stereocenters. The van der Waals surface area contributed by atoms with E-state index < -0.39 is 0 Å². The Labute approximate surface area is 122 Å². The highest BCUT2D eigenvalue weighted by Gasteiger charge is 2.44. The van der Waals surface area contributed by atoms with Crippen molar-refractivity contribution in [2.75, 3.05) is 13.7 Å². The van der Waals surface area contributed by atoms with Crippen LogP contribution in [0.1, 0.15) is 55.1 Å². The monoisotopic (exact) mass is 274 g/mol. The highest BCUT2D eigenvalue weighted by Crippen LogP contribution is 2.47.